The Labute approximate surface area is 136 Å². The number of carbonyl (C=O) groups is 1. The topological polar surface area (TPSA) is 42.9 Å². The monoisotopic (exact) mass is 312 g/mol. The summed E-state index contributed by atoms with van der Waals surface area (Å²) in [5.41, 5.74) is 2.73. The van der Waals surface area contributed by atoms with Gasteiger partial charge in [-0.2, -0.15) is 0 Å². The molecule has 3 atom stereocenters. The van der Waals surface area contributed by atoms with E-state index in [1.807, 2.05) is 26.1 Å². The van der Waals surface area contributed by atoms with Gasteiger partial charge in [0, 0.05) is 23.2 Å². The third-order valence-electron chi connectivity index (χ3n) is 5.19. The molecule has 1 heterocycles. The van der Waals surface area contributed by atoms with E-state index in [4.69, 9.17) is 0 Å². The highest BCUT2D eigenvalue weighted by Gasteiger charge is 2.58. The van der Waals surface area contributed by atoms with Gasteiger partial charge in [-0.3, -0.25) is 0 Å². The smallest absolute Gasteiger partial charge is 0.125 e. The number of aromatic nitrogens is 2. The van der Waals surface area contributed by atoms with Crippen LogP contribution >= 0.6 is 0 Å². The number of aldehydes is 1. The summed E-state index contributed by atoms with van der Waals surface area (Å²) in [6, 6.07) is 6.66. The molecule has 1 aliphatic carbocycles. The SMILES string of the molecule is Cc1ncc(CC(C)[C@@]2(c3cccc(F)c3)C[C@H]2C=O)c(C)n1. The third-order valence-corrected chi connectivity index (χ3v) is 5.19. The second-order valence-corrected chi connectivity index (χ2v) is 6.63. The van der Waals surface area contributed by atoms with E-state index in [0.29, 0.717) is 0 Å². The molecule has 0 radical (unpaired) electrons. The maximum Gasteiger partial charge on any atom is 0.125 e. The van der Waals surface area contributed by atoms with Gasteiger partial charge in [0.15, 0.2) is 0 Å². The molecule has 3 rings (SSSR count). The van der Waals surface area contributed by atoms with Gasteiger partial charge < -0.3 is 4.79 Å². The molecule has 0 amide bonds. The Kier molecular flexibility index (Phi) is 4.00. The number of hydrogen-bond donors (Lipinski definition) is 0. The molecule has 120 valence electrons. The summed E-state index contributed by atoms with van der Waals surface area (Å²) in [6.07, 6.45) is 4.45. The van der Waals surface area contributed by atoms with Crippen LogP contribution in [0.4, 0.5) is 4.39 Å². The molecule has 0 saturated heterocycles. The molecule has 1 fully saturated rings. The van der Waals surface area contributed by atoms with Gasteiger partial charge in [-0.15, -0.1) is 0 Å². The van der Waals surface area contributed by atoms with E-state index >= 15 is 0 Å². The molecular formula is C19H21FN2O. The Morgan fingerprint density at radius 3 is 2.83 bits per heavy atom. The Bertz CT molecular complexity index is 746. The Balaban J connectivity index is 1.91. The fraction of sp³-hybridized carbons (Fsp3) is 0.421. The first kappa shape index (κ1) is 15.8. The molecule has 1 saturated carbocycles. The van der Waals surface area contributed by atoms with Crippen LogP contribution in [0.15, 0.2) is 30.5 Å². The minimum absolute atomic E-state index is 0.0361. The highest BCUT2D eigenvalue weighted by atomic mass is 19.1. The predicted molar refractivity (Wildman–Crippen MR) is 86.6 cm³/mol. The van der Waals surface area contributed by atoms with Crippen molar-refractivity contribution in [1.82, 2.24) is 9.97 Å². The standard InChI is InChI=1S/C19H21FN2O/c1-12(7-15-10-21-14(3)22-13(15)2)19(9-17(19)11-23)16-5-4-6-18(20)8-16/h4-6,8,10-12,17H,7,9H2,1-3H3/t12?,17-,19+/m0/s1. The number of halogens is 1. The largest absolute Gasteiger partial charge is 0.303 e. The number of benzene rings is 1. The molecule has 1 unspecified atom stereocenters. The van der Waals surface area contributed by atoms with Gasteiger partial charge in [-0.1, -0.05) is 19.1 Å². The summed E-state index contributed by atoms with van der Waals surface area (Å²) in [6.45, 7) is 5.99. The molecular weight excluding hydrogens is 291 g/mol. The van der Waals surface area contributed by atoms with Crippen LogP contribution in [-0.2, 0) is 16.6 Å². The van der Waals surface area contributed by atoms with Crippen LogP contribution in [0, 0.1) is 31.5 Å². The molecule has 1 aromatic carbocycles. The van der Waals surface area contributed by atoms with E-state index < -0.39 is 0 Å². The summed E-state index contributed by atoms with van der Waals surface area (Å²) in [7, 11) is 0. The third kappa shape index (κ3) is 2.78. The maximum absolute atomic E-state index is 13.6. The molecule has 4 heteroatoms. The average molecular weight is 312 g/mol. The highest BCUT2D eigenvalue weighted by Crippen LogP contribution is 2.59. The zero-order chi connectivity index (χ0) is 16.6. The van der Waals surface area contributed by atoms with Crippen molar-refractivity contribution in [1.29, 1.82) is 0 Å². The molecule has 0 spiro atoms. The van der Waals surface area contributed by atoms with E-state index in [9.17, 15) is 9.18 Å². The van der Waals surface area contributed by atoms with Crippen LogP contribution in [0.1, 0.15) is 36.0 Å². The fourth-order valence-electron chi connectivity index (χ4n) is 3.76. The minimum Gasteiger partial charge on any atom is -0.303 e. The van der Waals surface area contributed by atoms with Crippen LogP contribution in [0.3, 0.4) is 0 Å². The van der Waals surface area contributed by atoms with Crippen molar-refractivity contribution in [2.75, 3.05) is 0 Å². The molecule has 0 N–H and O–H groups in total. The van der Waals surface area contributed by atoms with E-state index in [1.165, 1.54) is 6.07 Å². The molecule has 0 bridgehead atoms. The molecule has 3 nitrogen and oxygen atoms in total. The van der Waals surface area contributed by atoms with Gasteiger partial charge in [-0.25, -0.2) is 14.4 Å². The average Bonchev–Trinajstić information content (AvgIpc) is 3.26. The fourth-order valence-corrected chi connectivity index (χ4v) is 3.76. The van der Waals surface area contributed by atoms with Gasteiger partial charge in [0.05, 0.1) is 0 Å². The summed E-state index contributed by atoms with van der Waals surface area (Å²) < 4.78 is 13.6. The summed E-state index contributed by atoms with van der Waals surface area (Å²) in [4.78, 5) is 20.1. The van der Waals surface area contributed by atoms with Gasteiger partial charge in [-0.05, 0) is 55.9 Å². The Morgan fingerprint density at radius 1 is 1.43 bits per heavy atom. The van der Waals surface area contributed by atoms with Crippen LogP contribution in [0.25, 0.3) is 0 Å². The summed E-state index contributed by atoms with van der Waals surface area (Å²) in [5, 5.41) is 0. The maximum atomic E-state index is 13.6. The second kappa shape index (κ2) is 5.84. The minimum atomic E-state index is -0.263. The lowest BCUT2D eigenvalue weighted by Gasteiger charge is -2.25. The first-order valence-electron chi connectivity index (χ1n) is 7.98. The predicted octanol–water partition coefficient (Wildman–Crippen LogP) is 3.57. The van der Waals surface area contributed by atoms with Crippen molar-refractivity contribution < 1.29 is 9.18 Å². The van der Waals surface area contributed by atoms with Gasteiger partial charge >= 0.3 is 0 Å². The molecule has 1 aromatic heterocycles. The van der Waals surface area contributed by atoms with Crippen molar-refractivity contribution in [3.05, 3.63) is 58.9 Å². The molecule has 23 heavy (non-hydrogen) atoms. The number of nitrogens with zero attached hydrogens (tertiary/aromatic N) is 2. The van der Waals surface area contributed by atoms with E-state index in [0.717, 1.165) is 41.8 Å². The second-order valence-electron chi connectivity index (χ2n) is 6.63. The summed E-state index contributed by atoms with van der Waals surface area (Å²) >= 11 is 0. The van der Waals surface area contributed by atoms with Crippen molar-refractivity contribution in [3.63, 3.8) is 0 Å². The molecule has 0 aliphatic heterocycles. The van der Waals surface area contributed by atoms with Crippen LogP contribution in [0.2, 0.25) is 0 Å². The number of aryl methyl sites for hydroxylation is 2. The quantitative estimate of drug-likeness (QED) is 0.793. The van der Waals surface area contributed by atoms with Gasteiger partial charge in [0.25, 0.3) is 0 Å². The van der Waals surface area contributed by atoms with Crippen molar-refractivity contribution in [2.24, 2.45) is 11.8 Å². The summed E-state index contributed by atoms with van der Waals surface area (Å²) in [5.74, 6) is 0.687. The van der Waals surface area contributed by atoms with Gasteiger partial charge in [0.2, 0.25) is 0 Å². The lowest BCUT2D eigenvalue weighted by molar-refractivity contribution is -0.109. The lowest BCUT2D eigenvalue weighted by Crippen LogP contribution is -2.24. The van der Waals surface area contributed by atoms with Gasteiger partial charge in [0.1, 0.15) is 17.9 Å². The Morgan fingerprint density at radius 2 is 2.22 bits per heavy atom. The normalized spacial score (nSPS) is 24.3. The van der Waals surface area contributed by atoms with E-state index in [2.05, 4.69) is 16.9 Å². The first-order chi connectivity index (χ1) is 11.0. The Hall–Kier alpha value is -2.10. The lowest BCUT2D eigenvalue weighted by atomic mass is 9.78. The van der Waals surface area contributed by atoms with Crippen molar-refractivity contribution in [2.45, 2.75) is 39.0 Å². The van der Waals surface area contributed by atoms with Crippen molar-refractivity contribution >= 4 is 6.29 Å². The highest BCUT2D eigenvalue weighted by molar-refractivity contribution is 5.65. The van der Waals surface area contributed by atoms with E-state index in [1.54, 1.807) is 12.1 Å². The van der Waals surface area contributed by atoms with Crippen molar-refractivity contribution in [3.8, 4) is 0 Å². The number of carbonyl (C=O) groups excluding carboxylic acids is 1. The molecule has 2 aromatic rings. The van der Waals surface area contributed by atoms with Crippen LogP contribution in [-0.4, -0.2) is 16.3 Å². The molecule has 1 aliphatic rings. The number of rotatable bonds is 5. The zero-order valence-corrected chi connectivity index (χ0v) is 13.7. The van der Waals surface area contributed by atoms with Crippen LogP contribution < -0.4 is 0 Å². The van der Waals surface area contributed by atoms with E-state index in [-0.39, 0.29) is 23.1 Å². The zero-order valence-electron chi connectivity index (χ0n) is 13.7. The number of hydrogen-bond acceptors (Lipinski definition) is 3. The first-order valence-corrected chi connectivity index (χ1v) is 7.98. The van der Waals surface area contributed by atoms with Crippen LogP contribution in [0.5, 0.6) is 0 Å².